The number of fused-ring (bicyclic) bond motifs is 4. The van der Waals surface area contributed by atoms with Crippen molar-refractivity contribution >= 4 is 12.2 Å². The first-order valence-electron chi connectivity index (χ1n) is 7.07. The molecule has 1 nitrogen and oxygen atoms in total. The minimum Gasteiger partial charge on any atom is -0.488 e. The molecule has 0 saturated heterocycles. The molecule has 1 heterocycles. The molecule has 0 N–H and O–H groups in total. The minimum atomic E-state index is 0.645. The molecule has 0 fully saturated rings. The highest BCUT2D eigenvalue weighted by Gasteiger charge is 2.19. The summed E-state index contributed by atoms with van der Waals surface area (Å²) in [5.74, 6) is 1.01. The Labute approximate surface area is 119 Å². The monoisotopic (exact) mass is 260 g/mol. The highest BCUT2D eigenvalue weighted by Crippen LogP contribution is 2.40. The maximum atomic E-state index is 5.95. The Morgan fingerprint density at radius 3 is 2.90 bits per heavy atom. The zero-order valence-corrected chi connectivity index (χ0v) is 11.4. The molecule has 2 aromatic carbocycles. The average molecular weight is 260 g/mol. The summed E-state index contributed by atoms with van der Waals surface area (Å²) in [6, 6.07) is 11.0. The molecule has 98 valence electrons. The molecule has 0 unspecified atom stereocenters. The minimum absolute atomic E-state index is 0.645. The third-order valence-corrected chi connectivity index (χ3v) is 4.16. The van der Waals surface area contributed by atoms with Crippen molar-refractivity contribution in [3.8, 4) is 16.9 Å². The van der Waals surface area contributed by atoms with Gasteiger partial charge in [0.2, 0.25) is 0 Å². The van der Waals surface area contributed by atoms with Gasteiger partial charge in [-0.2, -0.15) is 0 Å². The van der Waals surface area contributed by atoms with Crippen LogP contribution in [0, 0.1) is 0 Å². The second-order valence-electron chi connectivity index (χ2n) is 5.40. The van der Waals surface area contributed by atoms with E-state index in [0.717, 1.165) is 24.2 Å². The molecular formula is C19H16O. The zero-order chi connectivity index (χ0) is 13.5. The largest absolute Gasteiger partial charge is 0.488 e. The van der Waals surface area contributed by atoms with Gasteiger partial charge in [-0.15, -0.1) is 0 Å². The molecule has 2 aromatic rings. The van der Waals surface area contributed by atoms with E-state index in [1.807, 2.05) is 6.08 Å². The van der Waals surface area contributed by atoms with Crippen molar-refractivity contribution in [1.29, 1.82) is 0 Å². The molecular weight excluding hydrogens is 244 g/mol. The molecule has 0 radical (unpaired) electrons. The highest BCUT2D eigenvalue weighted by atomic mass is 16.5. The number of hydrogen-bond donors (Lipinski definition) is 0. The lowest BCUT2D eigenvalue weighted by Crippen LogP contribution is -2.07. The van der Waals surface area contributed by atoms with E-state index in [-0.39, 0.29) is 0 Å². The highest BCUT2D eigenvalue weighted by molar-refractivity contribution is 5.79. The van der Waals surface area contributed by atoms with Crippen LogP contribution in [0.1, 0.15) is 28.7 Å². The molecule has 1 aliphatic heterocycles. The van der Waals surface area contributed by atoms with Crippen LogP contribution in [0.25, 0.3) is 23.3 Å². The van der Waals surface area contributed by atoms with Crippen LogP contribution < -0.4 is 4.74 Å². The maximum absolute atomic E-state index is 5.95. The predicted molar refractivity (Wildman–Crippen MR) is 83.7 cm³/mol. The number of benzene rings is 2. The Morgan fingerprint density at radius 1 is 1.05 bits per heavy atom. The zero-order valence-electron chi connectivity index (χ0n) is 11.4. The fourth-order valence-electron chi connectivity index (χ4n) is 3.07. The van der Waals surface area contributed by atoms with E-state index in [1.165, 1.54) is 27.8 Å². The predicted octanol–water partition coefficient (Wildman–Crippen LogP) is 4.85. The third kappa shape index (κ3) is 1.70. The summed E-state index contributed by atoms with van der Waals surface area (Å²) in [4.78, 5) is 0. The first-order valence-corrected chi connectivity index (χ1v) is 7.07. The van der Waals surface area contributed by atoms with E-state index >= 15 is 0 Å². The number of allylic oxidation sites excluding steroid dienone is 1. The molecule has 0 amide bonds. The van der Waals surface area contributed by atoms with Crippen molar-refractivity contribution < 1.29 is 4.74 Å². The topological polar surface area (TPSA) is 9.23 Å². The lowest BCUT2D eigenvalue weighted by molar-refractivity contribution is 0.302. The normalized spacial score (nSPS) is 14.8. The molecule has 4 rings (SSSR count). The molecule has 20 heavy (non-hydrogen) atoms. The van der Waals surface area contributed by atoms with Gasteiger partial charge in [0.1, 0.15) is 12.4 Å². The Balaban J connectivity index is 1.91. The molecule has 1 heteroatoms. The van der Waals surface area contributed by atoms with Crippen molar-refractivity contribution in [3.63, 3.8) is 0 Å². The number of ether oxygens (including phenoxy) is 1. The summed E-state index contributed by atoms with van der Waals surface area (Å²) in [5, 5.41) is 0. The van der Waals surface area contributed by atoms with Gasteiger partial charge in [-0.25, -0.2) is 0 Å². The van der Waals surface area contributed by atoms with Gasteiger partial charge in [0.05, 0.1) is 0 Å². The van der Waals surface area contributed by atoms with E-state index in [0.29, 0.717) is 6.61 Å². The molecule has 0 bridgehead atoms. The lowest BCUT2D eigenvalue weighted by atomic mass is 9.89. The van der Waals surface area contributed by atoms with Crippen molar-refractivity contribution in [2.45, 2.75) is 19.4 Å². The van der Waals surface area contributed by atoms with E-state index in [2.05, 4.69) is 49.1 Å². The Morgan fingerprint density at radius 2 is 2.00 bits per heavy atom. The average Bonchev–Trinajstić information content (AvgIpc) is 2.52. The summed E-state index contributed by atoms with van der Waals surface area (Å²) < 4.78 is 5.95. The van der Waals surface area contributed by atoms with Crippen LogP contribution in [0.2, 0.25) is 0 Å². The SMILES string of the molecule is C=Cc1ccc2c(c1)COc1cc3c(cc1-2)CCC=C3. The number of aryl methyl sites for hydroxylation is 1. The van der Waals surface area contributed by atoms with Crippen LogP contribution >= 0.6 is 0 Å². The van der Waals surface area contributed by atoms with Crippen LogP contribution in [0.5, 0.6) is 5.75 Å². The van der Waals surface area contributed by atoms with Crippen molar-refractivity contribution in [2.24, 2.45) is 0 Å². The van der Waals surface area contributed by atoms with E-state index < -0.39 is 0 Å². The Kier molecular flexibility index (Phi) is 2.53. The van der Waals surface area contributed by atoms with Crippen molar-refractivity contribution in [3.05, 3.63) is 65.2 Å². The van der Waals surface area contributed by atoms with Gasteiger partial charge in [-0.1, -0.05) is 36.9 Å². The van der Waals surface area contributed by atoms with Crippen molar-refractivity contribution in [1.82, 2.24) is 0 Å². The molecule has 0 atom stereocenters. The summed E-state index contributed by atoms with van der Waals surface area (Å²) >= 11 is 0. The van der Waals surface area contributed by atoms with Gasteiger partial charge in [0, 0.05) is 5.56 Å². The third-order valence-electron chi connectivity index (χ3n) is 4.16. The maximum Gasteiger partial charge on any atom is 0.128 e. The first kappa shape index (κ1) is 11.5. The van der Waals surface area contributed by atoms with E-state index in [4.69, 9.17) is 4.74 Å². The number of rotatable bonds is 1. The van der Waals surface area contributed by atoms with Gasteiger partial charge in [0.25, 0.3) is 0 Å². The van der Waals surface area contributed by atoms with Gasteiger partial charge in [-0.05, 0) is 58.9 Å². The second kappa shape index (κ2) is 4.38. The molecule has 0 saturated carbocycles. The van der Waals surface area contributed by atoms with Gasteiger partial charge in [0.15, 0.2) is 0 Å². The smallest absolute Gasteiger partial charge is 0.128 e. The molecule has 0 aromatic heterocycles. The molecule has 0 spiro atoms. The lowest BCUT2D eigenvalue weighted by Gasteiger charge is -2.24. The van der Waals surface area contributed by atoms with E-state index in [9.17, 15) is 0 Å². The van der Waals surface area contributed by atoms with Gasteiger partial charge in [-0.3, -0.25) is 0 Å². The summed E-state index contributed by atoms with van der Waals surface area (Å²) in [6.07, 6.45) is 8.59. The number of hydrogen-bond acceptors (Lipinski definition) is 1. The van der Waals surface area contributed by atoms with Gasteiger partial charge < -0.3 is 4.74 Å². The quantitative estimate of drug-likeness (QED) is 0.712. The second-order valence-corrected chi connectivity index (χ2v) is 5.40. The summed E-state index contributed by atoms with van der Waals surface area (Å²) in [5.41, 5.74) is 7.67. The standard InChI is InChI=1S/C19H16O/c1-2-13-7-8-17-16(9-13)12-20-19-11-15-6-4-3-5-14(15)10-18(17)19/h2,4,6-11H,1,3,5,12H2. The van der Waals surface area contributed by atoms with Gasteiger partial charge >= 0.3 is 0 Å². The Bertz CT molecular complexity index is 738. The summed E-state index contributed by atoms with van der Waals surface area (Å²) in [6.45, 7) is 4.48. The van der Waals surface area contributed by atoms with Crippen LogP contribution in [0.15, 0.2) is 43.0 Å². The fourth-order valence-corrected chi connectivity index (χ4v) is 3.07. The van der Waals surface area contributed by atoms with Crippen LogP contribution in [0.4, 0.5) is 0 Å². The van der Waals surface area contributed by atoms with Crippen LogP contribution in [-0.2, 0) is 13.0 Å². The van der Waals surface area contributed by atoms with Crippen molar-refractivity contribution in [2.75, 3.05) is 0 Å². The molecule has 2 aliphatic rings. The summed E-state index contributed by atoms with van der Waals surface area (Å²) in [7, 11) is 0. The Hall–Kier alpha value is -2.28. The fraction of sp³-hybridized carbons (Fsp3) is 0.158. The first-order chi connectivity index (χ1) is 9.85. The van der Waals surface area contributed by atoms with Crippen LogP contribution in [-0.4, -0.2) is 0 Å². The molecule has 1 aliphatic carbocycles. The van der Waals surface area contributed by atoms with E-state index in [1.54, 1.807) is 0 Å². The van der Waals surface area contributed by atoms with Crippen LogP contribution in [0.3, 0.4) is 0 Å².